The largest absolute Gasteiger partial charge is 0.468 e. The van der Waals surface area contributed by atoms with Gasteiger partial charge in [-0.2, -0.15) is 0 Å². The number of likely N-dealkylation sites (tertiary alicyclic amines) is 1. The molecule has 0 saturated carbocycles. The highest BCUT2D eigenvalue weighted by Gasteiger charge is 2.58. The van der Waals surface area contributed by atoms with Crippen LogP contribution < -0.4 is 0 Å². The number of hydrogen-bond donors (Lipinski definition) is 0. The van der Waals surface area contributed by atoms with Crippen LogP contribution in [-0.2, 0) is 14.3 Å². The molecule has 1 aromatic carbocycles. The number of hydrogen-bond acceptors (Lipinski definition) is 5. The molecule has 156 valence electrons. The van der Waals surface area contributed by atoms with Crippen LogP contribution in [0.3, 0.4) is 0 Å². The number of nitrogens with zero attached hydrogens (tertiary/aromatic N) is 3. The summed E-state index contributed by atoms with van der Waals surface area (Å²) in [7, 11) is 1.22. The van der Waals surface area contributed by atoms with Gasteiger partial charge in [0.1, 0.15) is 12.1 Å². The molecule has 0 N–H and O–H groups in total. The summed E-state index contributed by atoms with van der Waals surface area (Å²) in [6, 6.07) is 8.54. The Labute approximate surface area is 170 Å². The Morgan fingerprint density at radius 2 is 1.72 bits per heavy atom. The number of piperidine rings is 1. The Kier molecular flexibility index (Phi) is 5.91. The smallest absolute Gasteiger partial charge is 0.328 e. The highest BCUT2D eigenvalue weighted by Crippen LogP contribution is 2.38. The number of carbonyl (C=O) groups is 4. The topological polar surface area (TPSA) is 87.2 Å². The van der Waals surface area contributed by atoms with Crippen LogP contribution in [0.5, 0.6) is 0 Å². The summed E-state index contributed by atoms with van der Waals surface area (Å²) in [5.74, 6) is -0.935. The number of amides is 4. The van der Waals surface area contributed by atoms with Crippen molar-refractivity contribution in [3.05, 3.63) is 35.9 Å². The van der Waals surface area contributed by atoms with Gasteiger partial charge >= 0.3 is 12.0 Å². The van der Waals surface area contributed by atoms with Crippen molar-refractivity contribution in [3.63, 3.8) is 0 Å². The normalized spacial score (nSPS) is 18.7. The third-order valence-corrected chi connectivity index (χ3v) is 5.58. The fourth-order valence-electron chi connectivity index (χ4n) is 4.06. The molecule has 2 heterocycles. The lowest BCUT2D eigenvalue weighted by Gasteiger charge is -2.42. The van der Waals surface area contributed by atoms with E-state index in [-0.39, 0.29) is 17.7 Å². The van der Waals surface area contributed by atoms with Crippen molar-refractivity contribution in [2.24, 2.45) is 5.92 Å². The Bertz CT molecular complexity index is 800. The van der Waals surface area contributed by atoms with Crippen LogP contribution in [0, 0.1) is 5.92 Å². The minimum absolute atomic E-state index is 0.0842. The van der Waals surface area contributed by atoms with Crippen molar-refractivity contribution in [1.82, 2.24) is 14.7 Å². The average molecular weight is 401 g/mol. The average Bonchev–Trinajstić information content (AvgIpc) is 2.90. The van der Waals surface area contributed by atoms with E-state index in [4.69, 9.17) is 0 Å². The van der Waals surface area contributed by atoms with Crippen LogP contribution in [0.25, 0.3) is 0 Å². The molecule has 29 heavy (non-hydrogen) atoms. The van der Waals surface area contributed by atoms with Crippen molar-refractivity contribution < 1.29 is 23.9 Å². The Balaban J connectivity index is 1.81. The van der Waals surface area contributed by atoms with Crippen LogP contribution in [0.15, 0.2) is 30.3 Å². The second-order valence-corrected chi connectivity index (χ2v) is 7.94. The molecule has 3 rings (SSSR count). The summed E-state index contributed by atoms with van der Waals surface area (Å²) in [4.78, 5) is 55.0. The molecule has 8 heteroatoms. The first-order chi connectivity index (χ1) is 13.8. The van der Waals surface area contributed by atoms with E-state index < -0.39 is 24.1 Å². The lowest BCUT2D eigenvalue weighted by molar-refractivity contribution is -0.146. The summed E-state index contributed by atoms with van der Waals surface area (Å²) in [6.07, 6.45) is 0.696. The zero-order chi connectivity index (χ0) is 21.2. The number of rotatable bonds is 5. The van der Waals surface area contributed by atoms with Gasteiger partial charge in [-0.3, -0.25) is 19.3 Å². The number of imide groups is 1. The molecule has 1 aromatic rings. The van der Waals surface area contributed by atoms with Crippen molar-refractivity contribution in [2.45, 2.75) is 32.2 Å². The van der Waals surface area contributed by atoms with E-state index in [9.17, 15) is 19.2 Å². The van der Waals surface area contributed by atoms with Gasteiger partial charge in [0, 0.05) is 25.2 Å². The number of carbonyl (C=O) groups excluding carboxylic acids is 4. The van der Waals surface area contributed by atoms with Crippen molar-refractivity contribution in [3.8, 4) is 0 Å². The summed E-state index contributed by atoms with van der Waals surface area (Å²) >= 11 is 0. The lowest BCUT2D eigenvalue weighted by Crippen LogP contribution is -2.58. The predicted molar refractivity (Wildman–Crippen MR) is 105 cm³/mol. The first-order valence-electron chi connectivity index (χ1n) is 9.85. The molecule has 2 saturated heterocycles. The summed E-state index contributed by atoms with van der Waals surface area (Å²) < 4.78 is 4.64. The Morgan fingerprint density at radius 1 is 1.10 bits per heavy atom. The maximum absolute atomic E-state index is 13.2. The first kappa shape index (κ1) is 20.8. The van der Waals surface area contributed by atoms with Crippen LogP contribution in [0.4, 0.5) is 4.79 Å². The minimum Gasteiger partial charge on any atom is -0.468 e. The SMILES string of the molecule is COC(=O)CN1C(=O)N(CC(C)C)C2(CCN(C(=O)c3ccccc3)CC2)C1=O. The van der Waals surface area contributed by atoms with Gasteiger partial charge in [-0.05, 0) is 30.9 Å². The van der Waals surface area contributed by atoms with Crippen molar-refractivity contribution in [2.75, 3.05) is 33.3 Å². The highest BCUT2D eigenvalue weighted by molar-refractivity contribution is 6.09. The number of urea groups is 1. The van der Waals surface area contributed by atoms with E-state index in [1.165, 1.54) is 7.11 Å². The van der Waals surface area contributed by atoms with Gasteiger partial charge in [0.05, 0.1) is 7.11 Å². The standard InChI is InChI=1S/C21H27N3O5/c1-15(2)13-24-20(28)23(14-17(25)29-3)19(27)21(24)9-11-22(12-10-21)18(26)16-7-5-4-6-8-16/h4-8,15H,9-14H2,1-3H3. The predicted octanol–water partition coefficient (Wildman–Crippen LogP) is 1.75. The summed E-state index contributed by atoms with van der Waals surface area (Å²) in [5.41, 5.74) is -0.410. The monoisotopic (exact) mass is 401 g/mol. The first-order valence-corrected chi connectivity index (χ1v) is 9.85. The molecule has 0 unspecified atom stereocenters. The van der Waals surface area contributed by atoms with Gasteiger partial charge in [0.25, 0.3) is 11.8 Å². The fraction of sp³-hybridized carbons (Fsp3) is 0.524. The molecule has 0 aliphatic carbocycles. The van der Waals surface area contributed by atoms with E-state index in [0.717, 1.165) is 4.90 Å². The van der Waals surface area contributed by atoms with Crippen LogP contribution in [0.2, 0.25) is 0 Å². The van der Waals surface area contributed by atoms with E-state index in [2.05, 4.69) is 4.74 Å². The van der Waals surface area contributed by atoms with Gasteiger partial charge in [-0.1, -0.05) is 32.0 Å². The zero-order valence-electron chi connectivity index (χ0n) is 17.1. The molecule has 0 bridgehead atoms. The van der Waals surface area contributed by atoms with Crippen LogP contribution in [-0.4, -0.2) is 77.3 Å². The molecule has 4 amide bonds. The lowest BCUT2D eigenvalue weighted by atomic mass is 9.85. The third kappa shape index (κ3) is 3.83. The van der Waals surface area contributed by atoms with E-state index in [0.29, 0.717) is 38.0 Å². The minimum atomic E-state index is -1.01. The molecule has 0 aromatic heterocycles. The number of ether oxygens (including phenoxy) is 1. The maximum atomic E-state index is 13.2. The molecule has 0 atom stereocenters. The van der Waals surface area contributed by atoms with E-state index in [1.807, 2.05) is 32.0 Å². The molecule has 0 radical (unpaired) electrons. The van der Waals surface area contributed by atoms with Gasteiger partial charge < -0.3 is 14.5 Å². The summed E-state index contributed by atoms with van der Waals surface area (Å²) in [6.45, 7) is 4.71. The quantitative estimate of drug-likeness (QED) is 0.554. The molecule has 2 fully saturated rings. The zero-order valence-corrected chi connectivity index (χ0v) is 17.1. The van der Waals surface area contributed by atoms with Crippen LogP contribution in [0.1, 0.15) is 37.0 Å². The fourth-order valence-corrected chi connectivity index (χ4v) is 4.06. The van der Waals surface area contributed by atoms with E-state index >= 15 is 0 Å². The highest BCUT2D eigenvalue weighted by atomic mass is 16.5. The van der Waals surface area contributed by atoms with E-state index in [1.54, 1.807) is 21.9 Å². The molecular formula is C21H27N3O5. The Hall–Kier alpha value is -2.90. The number of methoxy groups -OCH3 is 1. The van der Waals surface area contributed by atoms with Gasteiger partial charge in [-0.25, -0.2) is 4.79 Å². The summed E-state index contributed by atoms with van der Waals surface area (Å²) in [5, 5.41) is 0. The van der Waals surface area contributed by atoms with Gasteiger partial charge in [-0.15, -0.1) is 0 Å². The molecule has 1 spiro atoms. The molecule has 8 nitrogen and oxygen atoms in total. The molecule has 2 aliphatic rings. The number of esters is 1. The second kappa shape index (κ2) is 8.23. The van der Waals surface area contributed by atoms with Gasteiger partial charge in [0.15, 0.2) is 0 Å². The second-order valence-electron chi connectivity index (χ2n) is 7.94. The van der Waals surface area contributed by atoms with Gasteiger partial charge in [0.2, 0.25) is 0 Å². The Morgan fingerprint density at radius 3 is 2.28 bits per heavy atom. The molecule has 2 aliphatic heterocycles. The van der Waals surface area contributed by atoms with Crippen molar-refractivity contribution in [1.29, 1.82) is 0 Å². The maximum Gasteiger partial charge on any atom is 0.328 e. The van der Waals surface area contributed by atoms with Crippen molar-refractivity contribution >= 4 is 23.8 Å². The number of benzene rings is 1. The van der Waals surface area contributed by atoms with Crippen LogP contribution >= 0.6 is 0 Å². The third-order valence-electron chi connectivity index (χ3n) is 5.58. The molecular weight excluding hydrogens is 374 g/mol.